The van der Waals surface area contributed by atoms with Crippen LogP contribution in [-0.2, 0) is 0 Å². The lowest BCUT2D eigenvalue weighted by molar-refractivity contribution is -0.384. The summed E-state index contributed by atoms with van der Waals surface area (Å²) >= 11 is 0. The molecule has 4 rings (SSSR count). The molecular formula is C22H20N6O4. The monoisotopic (exact) mass is 432 g/mol. The first-order valence-corrected chi connectivity index (χ1v) is 9.89. The molecule has 0 radical (unpaired) electrons. The van der Waals surface area contributed by atoms with Gasteiger partial charge in [0.05, 0.1) is 21.9 Å². The molecule has 10 nitrogen and oxygen atoms in total. The molecule has 0 saturated heterocycles. The zero-order valence-corrected chi connectivity index (χ0v) is 17.6. The lowest BCUT2D eigenvalue weighted by atomic mass is 10.1. The second-order valence-corrected chi connectivity index (χ2v) is 7.49. The minimum absolute atomic E-state index is 0.0612. The number of carbonyl (C=O) groups excluding carboxylic acids is 1. The van der Waals surface area contributed by atoms with Crippen LogP contribution in [0.1, 0.15) is 41.6 Å². The van der Waals surface area contributed by atoms with Gasteiger partial charge in [-0.25, -0.2) is 4.68 Å². The van der Waals surface area contributed by atoms with Crippen LogP contribution in [0.15, 0.2) is 59.3 Å². The van der Waals surface area contributed by atoms with Crippen molar-refractivity contribution in [2.24, 2.45) is 0 Å². The van der Waals surface area contributed by atoms with Crippen molar-refractivity contribution in [1.29, 1.82) is 0 Å². The maximum Gasteiger partial charge on any atom is 0.276 e. The van der Waals surface area contributed by atoms with E-state index in [2.05, 4.69) is 20.6 Å². The number of nitrogens with one attached hydrogen (secondary N) is 1. The van der Waals surface area contributed by atoms with Crippen molar-refractivity contribution < 1.29 is 14.2 Å². The second kappa shape index (κ2) is 8.42. The van der Waals surface area contributed by atoms with E-state index in [-0.39, 0.29) is 17.3 Å². The van der Waals surface area contributed by atoms with Crippen molar-refractivity contribution >= 4 is 17.3 Å². The Morgan fingerprint density at radius 1 is 1.19 bits per heavy atom. The standard InChI is InChI=1S/C22H20N6O4/c1-13(2)20-24-22(32-26-20)17-9-4-6-14(3)19(17)23-21(29)18-10-11-27(25-18)15-7-5-8-16(12-15)28(30)31/h4-13H,1-3H3,(H,23,29). The summed E-state index contributed by atoms with van der Waals surface area (Å²) in [6.07, 6.45) is 1.57. The van der Waals surface area contributed by atoms with Gasteiger partial charge in [-0.3, -0.25) is 14.9 Å². The van der Waals surface area contributed by atoms with Gasteiger partial charge >= 0.3 is 0 Å². The van der Waals surface area contributed by atoms with E-state index in [9.17, 15) is 14.9 Å². The van der Waals surface area contributed by atoms with Crippen LogP contribution in [0, 0.1) is 17.0 Å². The molecule has 0 unspecified atom stereocenters. The first-order chi connectivity index (χ1) is 15.3. The highest BCUT2D eigenvalue weighted by atomic mass is 16.6. The van der Waals surface area contributed by atoms with E-state index >= 15 is 0 Å². The van der Waals surface area contributed by atoms with Crippen LogP contribution in [0.2, 0.25) is 0 Å². The zero-order valence-electron chi connectivity index (χ0n) is 17.6. The molecule has 2 aromatic heterocycles. The van der Waals surface area contributed by atoms with Crippen LogP contribution in [0.25, 0.3) is 17.1 Å². The number of hydrogen-bond acceptors (Lipinski definition) is 7. The molecule has 0 atom stereocenters. The number of aromatic nitrogens is 4. The summed E-state index contributed by atoms with van der Waals surface area (Å²) in [6.45, 7) is 5.79. The smallest absolute Gasteiger partial charge is 0.276 e. The molecular weight excluding hydrogens is 412 g/mol. The number of hydrogen-bond donors (Lipinski definition) is 1. The van der Waals surface area contributed by atoms with E-state index in [4.69, 9.17) is 4.52 Å². The minimum atomic E-state index is -0.484. The molecule has 1 N–H and O–H groups in total. The van der Waals surface area contributed by atoms with Gasteiger partial charge in [-0.2, -0.15) is 10.1 Å². The molecule has 1 amide bonds. The van der Waals surface area contributed by atoms with Gasteiger partial charge in [-0.1, -0.05) is 37.2 Å². The number of anilines is 1. The molecule has 2 heterocycles. The molecule has 10 heteroatoms. The third-order valence-electron chi connectivity index (χ3n) is 4.83. The number of amides is 1. The Balaban J connectivity index is 1.61. The summed E-state index contributed by atoms with van der Waals surface area (Å²) in [7, 11) is 0. The largest absolute Gasteiger partial charge is 0.334 e. The van der Waals surface area contributed by atoms with Gasteiger partial charge < -0.3 is 9.84 Å². The van der Waals surface area contributed by atoms with Crippen molar-refractivity contribution in [3.63, 3.8) is 0 Å². The molecule has 2 aromatic carbocycles. The third-order valence-corrected chi connectivity index (χ3v) is 4.83. The van der Waals surface area contributed by atoms with Gasteiger partial charge in [-0.05, 0) is 30.7 Å². The predicted molar refractivity (Wildman–Crippen MR) is 117 cm³/mol. The fourth-order valence-corrected chi connectivity index (χ4v) is 3.11. The minimum Gasteiger partial charge on any atom is -0.334 e. The Labute approximate surface area is 183 Å². The molecule has 0 spiro atoms. The first kappa shape index (κ1) is 20.9. The number of nitrogens with zero attached hydrogens (tertiary/aromatic N) is 5. The number of para-hydroxylation sites is 1. The van der Waals surface area contributed by atoms with Crippen LogP contribution < -0.4 is 5.32 Å². The normalized spacial score (nSPS) is 11.0. The summed E-state index contributed by atoms with van der Waals surface area (Å²) in [5.74, 6) is 0.561. The Morgan fingerprint density at radius 3 is 2.69 bits per heavy atom. The average Bonchev–Trinajstić information content (AvgIpc) is 3.45. The Morgan fingerprint density at radius 2 is 1.97 bits per heavy atom. The number of benzene rings is 2. The number of nitro benzene ring substituents is 1. The van der Waals surface area contributed by atoms with Crippen LogP contribution in [-0.4, -0.2) is 30.8 Å². The van der Waals surface area contributed by atoms with Gasteiger partial charge in [0.1, 0.15) is 0 Å². The van der Waals surface area contributed by atoms with Gasteiger partial charge in [0, 0.05) is 24.2 Å². The average molecular weight is 432 g/mol. The number of nitro groups is 1. The Hall–Kier alpha value is -4.34. The van der Waals surface area contributed by atoms with Crippen LogP contribution in [0.4, 0.5) is 11.4 Å². The van der Waals surface area contributed by atoms with Crippen molar-refractivity contribution in [1.82, 2.24) is 19.9 Å². The van der Waals surface area contributed by atoms with Gasteiger partial charge in [0.2, 0.25) is 0 Å². The predicted octanol–water partition coefficient (Wildman–Crippen LogP) is 4.51. The highest BCUT2D eigenvalue weighted by Crippen LogP contribution is 2.31. The fraction of sp³-hybridized carbons (Fsp3) is 0.182. The molecule has 0 bridgehead atoms. The number of rotatable bonds is 6. The van der Waals surface area contributed by atoms with Gasteiger partial charge in [0.25, 0.3) is 17.5 Å². The summed E-state index contributed by atoms with van der Waals surface area (Å²) < 4.78 is 6.81. The van der Waals surface area contributed by atoms with E-state index in [1.165, 1.54) is 22.9 Å². The Bertz CT molecular complexity index is 1310. The van der Waals surface area contributed by atoms with Crippen LogP contribution in [0.5, 0.6) is 0 Å². The molecule has 0 aliphatic rings. The number of aryl methyl sites for hydroxylation is 1. The van der Waals surface area contributed by atoms with E-state index in [1.807, 2.05) is 32.9 Å². The van der Waals surface area contributed by atoms with E-state index < -0.39 is 10.8 Å². The SMILES string of the molecule is Cc1cccc(-c2nc(C(C)C)no2)c1NC(=O)c1ccn(-c2cccc([N+](=O)[O-])c2)n1. The van der Waals surface area contributed by atoms with E-state index in [1.54, 1.807) is 24.4 Å². The zero-order chi connectivity index (χ0) is 22.8. The molecule has 0 fully saturated rings. The van der Waals surface area contributed by atoms with E-state index in [0.29, 0.717) is 28.7 Å². The molecule has 0 aliphatic carbocycles. The number of carbonyl (C=O) groups is 1. The third kappa shape index (κ3) is 4.10. The number of non-ortho nitro benzene ring substituents is 1. The van der Waals surface area contributed by atoms with Crippen molar-refractivity contribution in [2.45, 2.75) is 26.7 Å². The van der Waals surface area contributed by atoms with Crippen LogP contribution >= 0.6 is 0 Å². The van der Waals surface area contributed by atoms with Gasteiger partial charge in [-0.15, -0.1) is 0 Å². The van der Waals surface area contributed by atoms with Crippen molar-refractivity contribution in [2.75, 3.05) is 5.32 Å². The topological polar surface area (TPSA) is 129 Å². The second-order valence-electron chi connectivity index (χ2n) is 7.49. The highest BCUT2D eigenvalue weighted by Gasteiger charge is 2.19. The summed E-state index contributed by atoms with van der Waals surface area (Å²) in [5, 5.41) is 22.2. The fourth-order valence-electron chi connectivity index (χ4n) is 3.11. The maximum absolute atomic E-state index is 12.9. The molecule has 4 aromatic rings. The Kier molecular flexibility index (Phi) is 5.50. The lowest BCUT2D eigenvalue weighted by Gasteiger charge is -2.11. The first-order valence-electron chi connectivity index (χ1n) is 9.89. The van der Waals surface area contributed by atoms with E-state index in [0.717, 1.165) is 5.56 Å². The lowest BCUT2D eigenvalue weighted by Crippen LogP contribution is -2.15. The summed E-state index contributed by atoms with van der Waals surface area (Å²) in [5.41, 5.74) is 2.53. The maximum atomic E-state index is 12.9. The van der Waals surface area contributed by atoms with Crippen molar-refractivity contribution in [3.8, 4) is 17.1 Å². The molecule has 0 saturated carbocycles. The molecule has 32 heavy (non-hydrogen) atoms. The highest BCUT2D eigenvalue weighted by molar-refractivity contribution is 6.05. The van der Waals surface area contributed by atoms with Crippen molar-refractivity contribution in [3.05, 3.63) is 81.9 Å². The summed E-state index contributed by atoms with van der Waals surface area (Å²) in [4.78, 5) is 27.9. The summed E-state index contributed by atoms with van der Waals surface area (Å²) in [6, 6.07) is 13.0. The molecule has 0 aliphatic heterocycles. The molecule has 162 valence electrons. The van der Waals surface area contributed by atoms with Gasteiger partial charge in [0.15, 0.2) is 11.5 Å². The quantitative estimate of drug-likeness (QED) is 0.350. The van der Waals surface area contributed by atoms with Crippen LogP contribution in [0.3, 0.4) is 0 Å².